The zero-order valence-corrected chi connectivity index (χ0v) is 17.1. The van der Waals surface area contributed by atoms with Gasteiger partial charge in [-0.05, 0) is 48.6 Å². The summed E-state index contributed by atoms with van der Waals surface area (Å²) in [6.45, 7) is 0.0583. The van der Waals surface area contributed by atoms with Crippen molar-refractivity contribution in [2.24, 2.45) is 5.73 Å². The van der Waals surface area contributed by atoms with E-state index in [2.05, 4.69) is 0 Å². The lowest BCUT2D eigenvalue weighted by Gasteiger charge is -2.16. The van der Waals surface area contributed by atoms with Gasteiger partial charge in [0, 0.05) is 34.7 Å². The standard InChI is InChI=1S/C21H17ClN4O2S/c1-24-18(20(28)26(21(24)29)15-8-6-14(22)7-9-15)10-13-11-25(12-19(23)27)17-5-3-2-4-16(13)17/h2-11H,12H2,1H3,(H2,23,27)/b18-10-. The second-order valence-electron chi connectivity index (χ2n) is 6.68. The maximum atomic E-state index is 13.2. The fraction of sp³-hybridized carbons (Fsp3) is 0.0952. The Bertz CT molecular complexity index is 1180. The highest BCUT2D eigenvalue weighted by molar-refractivity contribution is 7.80. The minimum Gasteiger partial charge on any atom is -0.368 e. The van der Waals surface area contributed by atoms with E-state index in [0.29, 0.717) is 21.5 Å². The quantitative estimate of drug-likeness (QED) is 0.514. The normalized spacial score (nSPS) is 15.7. The molecule has 0 aliphatic carbocycles. The predicted octanol–water partition coefficient (Wildman–Crippen LogP) is 3.38. The molecule has 0 saturated carbocycles. The SMILES string of the molecule is CN1C(=S)N(c2ccc(Cl)cc2)C(=O)/C1=C/c1cn(CC(N)=O)c2ccccc12. The molecule has 0 unspecified atom stereocenters. The summed E-state index contributed by atoms with van der Waals surface area (Å²) in [5, 5.41) is 1.88. The molecule has 1 aliphatic rings. The molecule has 1 aromatic heterocycles. The second kappa shape index (κ2) is 7.35. The summed E-state index contributed by atoms with van der Waals surface area (Å²) in [6.07, 6.45) is 3.60. The fourth-order valence-corrected chi connectivity index (χ4v) is 3.82. The molecular weight excluding hydrogens is 408 g/mol. The van der Waals surface area contributed by atoms with Crippen LogP contribution in [0.3, 0.4) is 0 Å². The minimum absolute atomic E-state index is 0.0583. The molecule has 0 spiro atoms. The number of likely N-dealkylation sites (N-methyl/N-ethyl adjacent to an activating group) is 1. The van der Waals surface area contributed by atoms with Crippen molar-refractivity contribution in [1.82, 2.24) is 9.47 Å². The zero-order valence-electron chi connectivity index (χ0n) is 15.5. The lowest BCUT2D eigenvalue weighted by atomic mass is 10.1. The molecule has 1 saturated heterocycles. The predicted molar refractivity (Wildman–Crippen MR) is 118 cm³/mol. The second-order valence-corrected chi connectivity index (χ2v) is 7.49. The maximum Gasteiger partial charge on any atom is 0.281 e. The number of nitrogens with zero attached hydrogens (tertiary/aromatic N) is 3. The highest BCUT2D eigenvalue weighted by Crippen LogP contribution is 2.31. The Morgan fingerprint density at radius 3 is 2.55 bits per heavy atom. The van der Waals surface area contributed by atoms with Crippen LogP contribution in [-0.2, 0) is 16.1 Å². The molecule has 6 nitrogen and oxygen atoms in total. The topological polar surface area (TPSA) is 71.6 Å². The van der Waals surface area contributed by atoms with E-state index < -0.39 is 5.91 Å². The third-order valence-electron chi connectivity index (χ3n) is 4.78. The summed E-state index contributed by atoms with van der Waals surface area (Å²) in [4.78, 5) is 27.7. The first-order valence-electron chi connectivity index (χ1n) is 8.82. The molecule has 2 aromatic carbocycles. The van der Waals surface area contributed by atoms with Gasteiger partial charge in [-0.15, -0.1) is 0 Å². The number of hydrogen-bond donors (Lipinski definition) is 1. The third kappa shape index (κ3) is 3.39. The van der Waals surface area contributed by atoms with Gasteiger partial charge in [-0.2, -0.15) is 0 Å². The molecule has 0 atom stereocenters. The summed E-state index contributed by atoms with van der Waals surface area (Å²) in [5.74, 6) is -0.666. The number of halogens is 1. The van der Waals surface area contributed by atoms with Gasteiger partial charge in [0.25, 0.3) is 5.91 Å². The molecule has 1 aliphatic heterocycles. The highest BCUT2D eigenvalue weighted by Gasteiger charge is 2.36. The molecule has 2 heterocycles. The van der Waals surface area contributed by atoms with Crippen LogP contribution in [0.5, 0.6) is 0 Å². The van der Waals surface area contributed by atoms with Gasteiger partial charge < -0.3 is 15.2 Å². The van der Waals surface area contributed by atoms with Crippen molar-refractivity contribution in [3.63, 3.8) is 0 Å². The van der Waals surface area contributed by atoms with Gasteiger partial charge in [0.2, 0.25) is 5.91 Å². The number of carbonyl (C=O) groups is 2. The number of benzene rings is 2. The average molecular weight is 425 g/mol. The van der Waals surface area contributed by atoms with Gasteiger partial charge in [-0.1, -0.05) is 29.8 Å². The van der Waals surface area contributed by atoms with Crippen LogP contribution in [0.2, 0.25) is 5.02 Å². The monoisotopic (exact) mass is 424 g/mol. The molecule has 4 rings (SSSR count). The first kappa shape index (κ1) is 19.2. The van der Waals surface area contributed by atoms with Gasteiger partial charge in [-0.3, -0.25) is 14.5 Å². The number of carbonyl (C=O) groups excluding carboxylic acids is 2. The van der Waals surface area contributed by atoms with Crippen molar-refractivity contribution in [3.05, 3.63) is 71.0 Å². The van der Waals surface area contributed by atoms with Crippen molar-refractivity contribution in [2.45, 2.75) is 6.54 Å². The van der Waals surface area contributed by atoms with Crippen LogP contribution >= 0.6 is 23.8 Å². The highest BCUT2D eigenvalue weighted by atomic mass is 35.5. The molecule has 29 heavy (non-hydrogen) atoms. The van der Waals surface area contributed by atoms with E-state index in [9.17, 15) is 9.59 Å². The van der Waals surface area contributed by atoms with Gasteiger partial charge in [0.1, 0.15) is 12.2 Å². The third-order valence-corrected chi connectivity index (χ3v) is 5.49. The number of rotatable bonds is 4. The van der Waals surface area contributed by atoms with E-state index in [1.165, 1.54) is 4.90 Å². The number of amides is 2. The Morgan fingerprint density at radius 2 is 1.86 bits per heavy atom. The van der Waals surface area contributed by atoms with Crippen LogP contribution in [0.25, 0.3) is 17.0 Å². The number of hydrogen-bond acceptors (Lipinski definition) is 3. The number of thiocarbonyl (C=S) groups is 1. The molecule has 0 radical (unpaired) electrons. The van der Waals surface area contributed by atoms with Gasteiger partial charge in [-0.25, -0.2) is 0 Å². The van der Waals surface area contributed by atoms with E-state index in [1.54, 1.807) is 46.9 Å². The van der Waals surface area contributed by atoms with Crippen molar-refractivity contribution in [2.75, 3.05) is 11.9 Å². The lowest BCUT2D eigenvalue weighted by Crippen LogP contribution is -2.31. The van der Waals surface area contributed by atoms with E-state index in [1.807, 2.05) is 30.5 Å². The number of aromatic nitrogens is 1. The van der Waals surface area contributed by atoms with E-state index in [4.69, 9.17) is 29.6 Å². The van der Waals surface area contributed by atoms with Crippen molar-refractivity contribution >= 4 is 63.4 Å². The summed E-state index contributed by atoms with van der Waals surface area (Å²) >= 11 is 11.5. The average Bonchev–Trinajstić information content (AvgIpc) is 3.13. The lowest BCUT2D eigenvalue weighted by molar-refractivity contribution is -0.118. The number of fused-ring (bicyclic) bond motifs is 1. The van der Waals surface area contributed by atoms with E-state index in [-0.39, 0.29) is 12.5 Å². The van der Waals surface area contributed by atoms with Crippen LogP contribution in [0, 0.1) is 0 Å². The Morgan fingerprint density at radius 1 is 1.17 bits per heavy atom. The van der Waals surface area contributed by atoms with Crippen LogP contribution in [0.1, 0.15) is 5.56 Å². The maximum absolute atomic E-state index is 13.2. The first-order valence-corrected chi connectivity index (χ1v) is 9.61. The van der Waals surface area contributed by atoms with E-state index in [0.717, 1.165) is 16.5 Å². The smallest absolute Gasteiger partial charge is 0.281 e. The Balaban J connectivity index is 1.78. The van der Waals surface area contributed by atoms with Gasteiger partial charge in [0.15, 0.2) is 5.11 Å². The summed E-state index contributed by atoms with van der Waals surface area (Å²) < 4.78 is 1.78. The molecule has 0 bridgehead atoms. The Hall–Kier alpha value is -3.16. The molecule has 2 amide bonds. The number of anilines is 1. The number of primary amides is 1. The van der Waals surface area contributed by atoms with Gasteiger partial charge >= 0.3 is 0 Å². The van der Waals surface area contributed by atoms with Crippen LogP contribution < -0.4 is 10.6 Å². The molecule has 3 aromatic rings. The van der Waals surface area contributed by atoms with Crippen LogP contribution in [0.15, 0.2) is 60.4 Å². The van der Waals surface area contributed by atoms with E-state index >= 15 is 0 Å². The molecule has 8 heteroatoms. The summed E-state index contributed by atoms with van der Waals surface area (Å²) in [6, 6.07) is 14.6. The van der Waals surface area contributed by atoms with Crippen molar-refractivity contribution < 1.29 is 9.59 Å². The molecular formula is C21H17ClN4O2S. The molecule has 146 valence electrons. The molecule has 2 N–H and O–H groups in total. The van der Waals surface area contributed by atoms with Crippen molar-refractivity contribution in [3.8, 4) is 0 Å². The van der Waals surface area contributed by atoms with Crippen LogP contribution in [0.4, 0.5) is 5.69 Å². The van der Waals surface area contributed by atoms with Crippen LogP contribution in [-0.4, -0.2) is 33.4 Å². The Kier molecular flexibility index (Phi) is 4.86. The zero-order chi connectivity index (χ0) is 20.7. The largest absolute Gasteiger partial charge is 0.368 e. The van der Waals surface area contributed by atoms with Crippen molar-refractivity contribution in [1.29, 1.82) is 0 Å². The first-order chi connectivity index (χ1) is 13.9. The molecule has 1 fully saturated rings. The number of nitrogens with two attached hydrogens (primary N) is 1. The van der Waals surface area contributed by atoms with Gasteiger partial charge in [0.05, 0.1) is 5.69 Å². The summed E-state index contributed by atoms with van der Waals surface area (Å²) in [5.41, 5.74) is 8.13. The summed E-state index contributed by atoms with van der Waals surface area (Å²) in [7, 11) is 1.75. The Labute approximate surface area is 177 Å². The fourth-order valence-electron chi connectivity index (χ4n) is 3.41. The minimum atomic E-state index is -0.436. The number of para-hydroxylation sites is 1.